The van der Waals surface area contributed by atoms with Gasteiger partial charge in [-0.2, -0.15) is 0 Å². The molecule has 0 spiro atoms. The molecule has 5 atom stereocenters. The molecule has 0 amide bonds. The molecule has 1 aliphatic heterocycles. The molecule has 0 aliphatic carbocycles. The minimum Gasteiger partial charge on any atom is -0.412 e. The monoisotopic (exact) mass is 836 g/mol. The van der Waals surface area contributed by atoms with E-state index in [4.69, 9.17) is 28.1 Å². The average molecular weight is 837 g/mol. The Morgan fingerprint density at radius 2 is 0.902 bits per heavy atom. The van der Waals surface area contributed by atoms with Crippen LogP contribution in [-0.4, -0.2) is 39.3 Å². The van der Waals surface area contributed by atoms with Crippen LogP contribution in [0.15, 0.2) is 158 Å². The Bertz CT molecular complexity index is 2180. The first-order valence-electron chi connectivity index (χ1n) is 22.1. The van der Waals surface area contributed by atoms with Gasteiger partial charge in [0.2, 0.25) is 8.32 Å². The maximum absolute atomic E-state index is 7.43. The van der Waals surface area contributed by atoms with E-state index < -0.39 is 38.8 Å². The Balaban J connectivity index is 1.33. The summed E-state index contributed by atoms with van der Waals surface area (Å²) in [6.07, 6.45) is -2.62. The molecule has 61 heavy (non-hydrogen) atoms. The predicted octanol–water partition coefficient (Wildman–Crippen LogP) is 12.9. The van der Waals surface area contributed by atoms with Crippen LogP contribution in [0, 0.1) is 0 Å². The van der Waals surface area contributed by atoms with Crippen molar-refractivity contribution < 1.29 is 28.1 Å². The highest BCUT2D eigenvalue weighted by Gasteiger charge is 2.50. The number of ether oxygens (including phenoxy) is 5. The van der Waals surface area contributed by atoms with Crippen LogP contribution in [0.4, 0.5) is 0 Å². The average Bonchev–Trinajstić information content (AvgIpc) is 3.28. The Labute approximate surface area is 365 Å². The second kappa shape index (κ2) is 21.6. The van der Waals surface area contributed by atoms with Crippen LogP contribution in [0.3, 0.4) is 0 Å². The molecule has 0 N–H and O–H groups in total. The third-order valence-corrected chi connectivity index (χ3v) is 18.4. The van der Waals surface area contributed by atoms with E-state index in [-0.39, 0.29) is 0 Å². The highest BCUT2D eigenvalue weighted by molar-refractivity contribution is 6.77. The molecule has 0 aromatic heterocycles. The van der Waals surface area contributed by atoms with Crippen LogP contribution in [0.2, 0.25) is 16.6 Å². The van der Waals surface area contributed by atoms with Crippen LogP contribution < -0.4 is 0 Å². The zero-order valence-corrected chi connectivity index (χ0v) is 37.8. The molecule has 320 valence electrons. The molecule has 6 aromatic carbocycles. The maximum atomic E-state index is 7.43. The molecule has 0 radical (unpaired) electrons. The van der Waals surface area contributed by atoms with E-state index in [1.165, 1.54) is 0 Å². The summed E-state index contributed by atoms with van der Waals surface area (Å²) in [5.41, 5.74) is 7.89. The fraction of sp³-hybridized carbons (Fsp3) is 0.370. The van der Waals surface area contributed by atoms with Gasteiger partial charge in [-0.05, 0) is 66.8 Å². The Morgan fingerprint density at radius 3 is 1.41 bits per heavy atom. The first kappa shape index (κ1) is 44.6. The van der Waals surface area contributed by atoms with Gasteiger partial charge in [0.05, 0.1) is 39.6 Å². The second-order valence-corrected chi connectivity index (χ2v) is 22.9. The third kappa shape index (κ3) is 11.1. The van der Waals surface area contributed by atoms with Crippen molar-refractivity contribution in [3.05, 3.63) is 191 Å². The summed E-state index contributed by atoms with van der Waals surface area (Å²) in [6.45, 7) is 16.5. The highest BCUT2D eigenvalue weighted by Crippen LogP contribution is 2.44. The lowest BCUT2D eigenvalue weighted by Gasteiger charge is -2.47. The van der Waals surface area contributed by atoms with Gasteiger partial charge >= 0.3 is 0 Å². The van der Waals surface area contributed by atoms with E-state index in [9.17, 15) is 0 Å². The van der Waals surface area contributed by atoms with Gasteiger partial charge in [0.1, 0.15) is 30.5 Å². The van der Waals surface area contributed by atoms with Crippen LogP contribution in [0.5, 0.6) is 0 Å². The number of fused-ring (bicyclic) bond motifs is 1. The van der Waals surface area contributed by atoms with Crippen LogP contribution in [0.1, 0.15) is 81.0 Å². The van der Waals surface area contributed by atoms with E-state index in [1.54, 1.807) is 0 Å². The molecule has 0 bridgehead atoms. The molecule has 0 saturated carbocycles. The highest BCUT2D eigenvalue weighted by atomic mass is 28.4. The van der Waals surface area contributed by atoms with Gasteiger partial charge in [-0.3, -0.25) is 0 Å². The smallest absolute Gasteiger partial charge is 0.200 e. The van der Waals surface area contributed by atoms with Crippen molar-refractivity contribution in [2.45, 2.75) is 122 Å². The molecule has 1 fully saturated rings. The summed E-state index contributed by atoms with van der Waals surface area (Å²) in [5.74, 6) is 0. The first-order valence-corrected chi connectivity index (χ1v) is 24.3. The molecular weight excluding hydrogens is 773 g/mol. The summed E-state index contributed by atoms with van der Waals surface area (Å²) in [5, 5.41) is 2.25. The lowest BCUT2D eigenvalue weighted by Crippen LogP contribution is -2.58. The van der Waals surface area contributed by atoms with Crippen LogP contribution in [-0.2, 0) is 61.1 Å². The van der Waals surface area contributed by atoms with Gasteiger partial charge in [0.15, 0.2) is 0 Å². The van der Waals surface area contributed by atoms with E-state index in [2.05, 4.69) is 139 Å². The molecule has 7 rings (SSSR count). The standard InChI is InChI=1S/C54H64O6Si/c1-39(2)61(40(3)4,41(5)6)59-37-46-31-47-29-19-20-30-48(47)49(32-46)51-53(57-35-44-25-15-9-16-26-44)54(58-36-45-27-17-10-18-28-45)52(56-34-43-23-13-8-14-24-43)50(60-51)38-55-33-42-21-11-7-12-22-42/h7-32,39-41,50-54H,33-38H2,1-6H3. The molecule has 1 saturated heterocycles. The summed E-state index contributed by atoms with van der Waals surface area (Å²) in [7, 11) is -2.16. The van der Waals surface area contributed by atoms with E-state index in [0.29, 0.717) is 56.3 Å². The van der Waals surface area contributed by atoms with Crippen molar-refractivity contribution >= 4 is 19.1 Å². The van der Waals surface area contributed by atoms with Gasteiger partial charge in [-0.15, -0.1) is 0 Å². The molecule has 5 unspecified atom stereocenters. The molecule has 7 heteroatoms. The lowest BCUT2D eigenvalue weighted by atomic mass is 9.87. The summed E-state index contributed by atoms with van der Waals surface area (Å²) < 4.78 is 42.5. The fourth-order valence-corrected chi connectivity index (χ4v) is 14.9. The van der Waals surface area contributed by atoms with Crippen molar-refractivity contribution in [1.29, 1.82) is 0 Å². The summed E-state index contributed by atoms with van der Waals surface area (Å²) in [4.78, 5) is 0. The van der Waals surface area contributed by atoms with Gasteiger partial charge in [-0.25, -0.2) is 0 Å². The topological polar surface area (TPSA) is 55.4 Å². The minimum atomic E-state index is -2.16. The predicted molar refractivity (Wildman–Crippen MR) is 249 cm³/mol. The van der Waals surface area contributed by atoms with Gasteiger partial charge < -0.3 is 28.1 Å². The van der Waals surface area contributed by atoms with Crippen LogP contribution in [0.25, 0.3) is 10.8 Å². The molecule has 1 aliphatic rings. The lowest BCUT2D eigenvalue weighted by molar-refractivity contribution is -0.274. The number of benzene rings is 6. The van der Waals surface area contributed by atoms with Crippen molar-refractivity contribution in [2.24, 2.45) is 0 Å². The largest absolute Gasteiger partial charge is 0.412 e. The third-order valence-electron chi connectivity index (χ3n) is 12.3. The van der Waals surface area contributed by atoms with Crippen molar-refractivity contribution in [3.8, 4) is 0 Å². The molecule has 6 nitrogen and oxygen atoms in total. The van der Waals surface area contributed by atoms with E-state index >= 15 is 0 Å². The van der Waals surface area contributed by atoms with Gasteiger partial charge in [0, 0.05) is 0 Å². The molecular formula is C54H64O6Si. The molecule has 1 heterocycles. The number of rotatable bonds is 20. The number of hydrogen-bond donors (Lipinski definition) is 0. The number of hydrogen-bond acceptors (Lipinski definition) is 6. The first-order chi connectivity index (χ1) is 29.7. The Morgan fingerprint density at radius 1 is 0.459 bits per heavy atom. The maximum Gasteiger partial charge on any atom is 0.200 e. The Hall–Kier alpha value is -4.44. The summed E-state index contributed by atoms with van der Waals surface area (Å²) in [6, 6.07) is 54.4. The van der Waals surface area contributed by atoms with Crippen LogP contribution >= 0.6 is 0 Å². The zero-order chi connectivity index (χ0) is 42.6. The summed E-state index contributed by atoms with van der Waals surface area (Å²) >= 11 is 0. The molecule has 6 aromatic rings. The van der Waals surface area contributed by atoms with E-state index in [0.717, 1.165) is 44.2 Å². The zero-order valence-electron chi connectivity index (χ0n) is 36.8. The quantitative estimate of drug-likeness (QED) is 0.0714. The Kier molecular flexibility index (Phi) is 15.8. The van der Waals surface area contributed by atoms with Crippen molar-refractivity contribution in [1.82, 2.24) is 0 Å². The fourth-order valence-electron chi connectivity index (χ4n) is 9.47. The second-order valence-electron chi connectivity index (χ2n) is 17.4. The van der Waals surface area contributed by atoms with Crippen molar-refractivity contribution in [3.63, 3.8) is 0 Å². The normalized spacial score (nSPS) is 19.6. The minimum absolute atomic E-state index is 0.299. The SMILES string of the molecule is CC(C)[Si](OCc1cc(C2OC(COCc3ccccc3)C(OCc3ccccc3)C(OCc3ccccc3)C2OCc2ccccc2)c2ccccc2c1)(C(C)C)C(C)C. The van der Waals surface area contributed by atoms with E-state index in [1.807, 2.05) is 60.7 Å². The van der Waals surface area contributed by atoms with Gasteiger partial charge in [0.25, 0.3) is 0 Å². The van der Waals surface area contributed by atoms with Crippen molar-refractivity contribution in [2.75, 3.05) is 6.61 Å². The van der Waals surface area contributed by atoms with Gasteiger partial charge in [-0.1, -0.05) is 193 Å².